The zero-order chi connectivity index (χ0) is 15.6. The Morgan fingerprint density at radius 3 is 2.67 bits per heavy atom. The number of rotatable bonds is 5. The van der Waals surface area contributed by atoms with E-state index in [2.05, 4.69) is 26.2 Å². The summed E-state index contributed by atoms with van der Waals surface area (Å²) in [5.74, 6) is -1.49. The van der Waals surface area contributed by atoms with Crippen molar-refractivity contribution in [3.05, 3.63) is 44.9 Å². The average molecular weight is 369 g/mol. The highest BCUT2D eigenvalue weighted by molar-refractivity contribution is 9.10. The van der Waals surface area contributed by atoms with Crippen molar-refractivity contribution in [1.82, 2.24) is 4.98 Å². The lowest BCUT2D eigenvalue weighted by Gasteiger charge is -2.13. The fourth-order valence-corrected chi connectivity index (χ4v) is 3.17. The first-order valence-electron chi connectivity index (χ1n) is 6.15. The standard InChI is InChI=1S/C14H13BrN2O3S/c1-7(9-4-3-5-10(15)6-9)16-14-17-11(13(19)20)12(21-14)8(2)18/h3-7H,1-2H3,(H,16,17)(H,19,20). The Morgan fingerprint density at radius 1 is 1.43 bits per heavy atom. The molecule has 7 heteroatoms. The number of aromatic nitrogens is 1. The number of hydrogen-bond donors (Lipinski definition) is 2. The third kappa shape index (κ3) is 3.68. The van der Waals surface area contributed by atoms with Gasteiger partial charge >= 0.3 is 5.97 Å². The molecule has 5 nitrogen and oxygen atoms in total. The molecule has 0 spiro atoms. The van der Waals surface area contributed by atoms with Gasteiger partial charge in [0.1, 0.15) is 4.88 Å². The summed E-state index contributed by atoms with van der Waals surface area (Å²) >= 11 is 4.47. The molecule has 2 rings (SSSR count). The van der Waals surface area contributed by atoms with Crippen molar-refractivity contribution in [2.45, 2.75) is 19.9 Å². The molecule has 110 valence electrons. The van der Waals surface area contributed by atoms with Crippen molar-refractivity contribution in [2.75, 3.05) is 5.32 Å². The molecular weight excluding hydrogens is 356 g/mol. The van der Waals surface area contributed by atoms with Gasteiger partial charge < -0.3 is 10.4 Å². The van der Waals surface area contributed by atoms with Gasteiger partial charge in [0.15, 0.2) is 16.6 Å². The van der Waals surface area contributed by atoms with Crippen molar-refractivity contribution in [3.8, 4) is 0 Å². The number of anilines is 1. The molecule has 2 N–H and O–H groups in total. The van der Waals surface area contributed by atoms with Crippen LogP contribution in [-0.2, 0) is 0 Å². The van der Waals surface area contributed by atoms with E-state index in [1.54, 1.807) is 0 Å². The third-order valence-corrected chi connectivity index (χ3v) is 4.42. The molecule has 1 heterocycles. The number of hydrogen-bond acceptors (Lipinski definition) is 5. The summed E-state index contributed by atoms with van der Waals surface area (Å²) in [7, 11) is 0. The molecule has 0 bridgehead atoms. The van der Waals surface area contributed by atoms with Crippen LogP contribution in [0.15, 0.2) is 28.7 Å². The zero-order valence-corrected chi connectivity index (χ0v) is 13.8. The second-order valence-electron chi connectivity index (χ2n) is 4.48. The van der Waals surface area contributed by atoms with Gasteiger partial charge in [0.05, 0.1) is 6.04 Å². The molecule has 0 saturated heterocycles. The molecule has 1 atom stereocenters. The van der Waals surface area contributed by atoms with Crippen LogP contribution < -0.4 is 5.32 Å². The van der Waals surface area contributed by atoms with Crippen LogP contribution in [0.2, 0.25) is 0 Å². The minimum Gasteiger partial charge on any atom is -0.476 e. The Bertz CT molecular complexity index is 668. The number of ketones is 1. The van der Waals surface area contributed by atoms with Crippen molar-refractivity contribution >= 4 is 44.2 Å². The van der Waals surface area contributed by atoms with Crippen LogP contribution in [0.4, 0.5) is 5.13 Å². The topological polar surface area (TPSA) is 79.3 Å². The predicted molar refractivity (Wildman–Crippen MR) is 85.3 cm³/mol. The normalized spacial score (nSPS) is 12.0. The van der Waals surface area contributed by atoms with E-state index in [-0.39, 0.29) is 22.4 Å². The highest BCUT2D eigenvalue weighted by atomic mass is 79.9. The van der Waals surface area contributed by atoms with Crippen LogP contribution in [0.25, 0.3) is 0 Å². The Morgan fingerprint density at radius 2 is 2.14 bits per heavy atom. The molecule has 0 saturated carbocycles. The summed E-state index contributed by atoms with van der Waals surface area (Å²) in [6.07, 6.45) is 0. The van der Waals surface area contributed by atoms with Gasteiger partial charge in [-0.1, -0.05) is 39.4 Å². The molecular formula is C14H13BrN2O3S. The Hall–Kier alpha value is -1.73. The second kappa shape index (κ2) is 6.36. The number of nitrogens with zero attached hydrogens (tertiary/aromatic N) is 1. The van der Waals surface area contributed by atoms with Crippen LogP contribution in [0.3, 0.4) is 0 Å². The summed E-state index contributed by atoms with van der Waals surface area (Å²) in [4.78, 5) is 26.7. The highest BCUT2D eigenvalue weighted by Crippen LogP contribution is 2.28. The summed E-state index contributed by atoms with van der Waals surface area (Å²) in [6.45, 7) is 3.28. The predicted octanol–water partition coefficient (Wildman–Crippen LogP) is 3.98. The molecule has 1 aromatic heterocycles. The number of carboxylic acids is 1. The maximum absolute atomic E-state index is 11.5. The van der Waals surface area contributed by atoms with Gasteiger partial charge in [-0.3, -0.25) is 4.79 Å². The molecule has 1 unspecified atom stereocenters. The lowest BCUT2D eigenvalue weighted by molar-refractivity contribution is 0.0687. The van der Waals surface area contributed by atoms with Gasteiger partial charge in [-0.2, -0.15) is 0 Å². The summed E-state index contributed by atoms with van der Waals surface area (Å²) in [5, 5.41) is 12.6. The summed E-state index contributed by atoms with van der Waals surface area (Å²) in [5.41, 5.74) is 0.831. The first-order valence-corrected chi connectivity index (χ1v) is 7.76. The number of carboxylic acid groups (broad SMARTS) is 1. The van der Waals surface area contributed by atoms with E-state index in [4.69, 9.17) is 5.11 Å². The van der Waals surface area contributed by atoms with Crippen LogP contribution in [0.5, 0.6) is 0 Å². The monoisotopic (exact) mass is 368 g/mol. The first kappa shape index (κ1) is 15.7. The molecule has 0 aliphatic carbocycles. The maximum Gasteiger partial charge on any atom is 0.356 e. The largest absolute Gasteiger partial charge is 0.476 e. The van der Waals surface area contributed by atoms with Crippen LogP contribution in [0.1, 0.15) is 45.6 Å². The number of benzene rings is 1. The molecule has 0 aliphatic heterocycles. The lowest BCUT2D eigenvalue weighted by atomic mass is 10.1. The zero-order valence-electron chi connectivity index (χ0n) is 11.4. The van der Waals surface area contributed by atoms with Crippen LogP contribution >= 0.6 is 27.3 Å². The molecule has 21 heavy (non-hydrogen) atoms. The lowest BCUT2D eigenvalue weighted by Crippen LogP contribution is -2.07. The molecule has 2 aromatic rings. The maximum atomic E-state index is 11.5. The van der Waals surface area contributed by atoms with E-state index in [9.17, 15) is 9.59 Å². The number of carbonyl (C=O) groups excluding carboxylic acids is 1. The van der Waals surface area contributed by atoms with Crippen molar-refractivity contribution < 1.29 is 14.7 Å². The summed E-state index contributed by atoms with van der Waals surface area (Å²) in [6, 6.07) is 7.71. The van der Waals surface area contributed by atoms with Crippen molar-refractivity contribution in [3.63, 3.8) is 0 Å². The Balaban J connectivity index is 2.25. The Kier molecular flexibility index (Phi) is 4.74. The molecule has 0 aliphatic rings. The number of nitrogens with one attached hydrogen (secondary N) is 1. The summed E-state index contributed by atoms with van der Waals surface area (Å²) < 4.78 is 0.962. The number of carbonyl (C=O) groups is 2. The van der Waals surface area contributed by atoms with E-state index in [1.807, 2.05) is 31.2 Å². The SMILES string of the molecule is CC(=O)c1sc(NC(C)c2cccc(Br)c2)nc1C(=O)O. The van der Waals surface area contributed by atoms with Gasteiger partial charge in [-0.05, 0) is 24.6 Å². The number of thiazole rings is 1. The first-order chi connectivity index (χ1) is 9.88. The van der Waals surface area contributed by atoms with Crippen LogP contribution in [-0.4, -0.2) is 21.8 Å². The van der Waals surface area contributed by atoms with Crippen molar-refractivity contribution in [1.29, 1.82) is 0 Å². The van der Waals surface area contributed by atoms with Crippen molar-refractivity contribution in [2.24, 2.45) is 0 Å². The molecule has 1 aromatic carbocycles. The third-order valence-electron chi connectivity index (χ3n) is 2.84. The Labute approximate surface area is 134 Å². The fourth-order valence-electron chi connectivity index (χ4n) is 1.81. The molecule has 0 radical (unpaired) electrons. The van der Waals surface area contributed by atoms with Crippen LogP contribution in [0, 0.1) is 0 Å². The van der Waals surface area contributed by atoms with E-state index in [0.717, 1.165) is 21.4 Å². The van der Waals surface area contributed by atoms with E-state index < -0.39 is 5.97 Å². The molecule has 0 fully saturated rings. The smallest absolute Gasteiger partial charge is 0.356 e. The van der Waals surface area contributed by atoms with E-state index in [1.165, 1.54) is 6.92 Å². The highest BCUT2D eigenvalue weighted by Gasteiger charge is 2.21. The minimum absolute atomic E-state index is 0.0601. The van der Waals surface area contributed by atoms with Gasteiger partial charge in [0.25, 0.3) is 0 Å². The van der Waals surface area contributed by atoms with Gasteiger partial charge in [0.2, 0.25) is 0 Å². The second-order valence-corrected chi connectivity index (χ2v) is 6.39. The van der Waals surface area contributed by atoms with E-state index in [0.29, 0.717) is 5.13 Å². The van der Waals surface area contributed by atoms with Gasteiger partial charge in [0, 0.05) is 11.4 Å². The number of Topliss-reactive ketones (excluding diaryl/α,β-unsaturated/α-hetero) is 1. The number of halogens is 1. The molecule has 0 amide bonds. The average Bonchev–Trinajstić information content (AvgIpc) is 2.83. The number of aromatic carboxylic acids is 1. The van der Waals surface area contributed by atoms with Gasteiger partial charge in [-0.15, -0.1) is 0 Å². The quantitative estimate of drug-likeness (QED) is 0.780. The fraction of sp³-hybridized carbons (Fsp3) is 0.214. The minimum atomic E-state index is -1.19. The van der Waals surface area contributed by atoms with Gasteiger partial charge in [-0.25, -0.2) is 9.78 Å². The van der Waals surface area contributed by atoms with E-state index >= 15 is 0 Å².